The summed E-state index contributed by atoms with van der Waals surface area (Å²) < 4.78 is 5.45. The Morgan fingerprint density at radius 2 is 2.30 bits per heavy atom. The van der Waals surface area contributed by atoms with Crippen LogP contribution >= 0.6 is 0 Å². The van der Waals surface area contributed by atoms with Crippen molar-refractivity contribution in [3.63, 3.8) is 0 Å². The third-order valence-electron chi connectivity index (χ3n) is 1.86. The van der Waals surface area contributed by atoms with Crippen molar-refractivity contribution >= 4 is 0 Å². The molecule has 2 heteroatoms. The molecule has 1 aliphatic carbocycles. The number of hydrogen-bond acceptors (Lipinski definition) is 2. The van der Waals surface area contributed by atoms with Crippen molar-refractivity contribution in [3.8, 4) is 0 Å². The fraction of sp³-hybridized carbons (Fsp3) is 0.750. The van der Waals surface area contributed by atoms with E-state index in [1.165, 1.54) is 19.3 Å². The molecule has 0 spiro atoms. The topological polar surface area (TPSA) is 35.2 Å². The van der Waals surface area contributed by atoms with Gasteiger partial charge in [-0.1, -0.05) is 6.58 Å². The minimum Gasteiger partial charge on any atom is -0.374 e. The summed E-state index contributed by atoms with van der Waals surface area (Å²) in [7, 11) is 0. The molecule has 0 heterocycles. The molecular formula is C8H15NO. The van der Waals surface area contributed by atoms with Gasteiger partial charge in [0.2, 0.25) is 0 Å². The van der Waals surface area contributed by atoms with E-state index in [2.05, 4.69) is 6.58 Å². The van der Waals surface area contributed by atoms with Crippen LogP contribution in [0.5, 0.6) is 0 Å². The summed E-state index contributed by atoms with van der Waals surface area (Å²) in [6.45, 7) is 4.96. The molecule has 1 saturated carbocycles. The van der Waals surface area contributed by atoms with Crippen molar-refractivity contribution in [2.45, 2.75) is 25.4 Å². The molecule has 1 fully saturated rings. The highest BCUT2D eigenvalue weighted by Crippen LogP contribution is 2.21. The first kappa shape index (κ1) is 7.76. The summed E-state index contributed by atoms with van der Waals surface area (Å²) in [6, 6.07) is 0. The maximum atomic E-state index is 5.45. The van der Waals surface area contributed by atoms with Crippen LogP contribution in [0.25, 0.3) is 0 Å². The maximum absolute atomic E-state index is 5.45. The van der Waals surface area contributed by atoms with Gasteiger partial charge in [-0.05, 0) is 24.8 Å². The van der Waals surface area contributed by atoms with Crippen LogP contribution in [0.15, 0.2) is 12.2 Å². The number of rotatable bonds is 4. The first-order chi connectivity index (χ1) is 4.83. The molecule has 0 bridgehead atoms. The zero-order valence-corrected chi connectivity index (χ0v) is 6.31. The SMILES string of the molecule is C=C(CN)COC1CCC1. The lowest BCUT2D eigenvalue weighted by atomic mass is 9.96. The summed E-state index contributed by atoms with van der Waals surface area (Å²) in [4.78, 5) is 0. The third kappa shape index (κ3) is 2.12. The number of hydrogen-bond donors (Lipinski definition) is 1. The van der Waals surface area contributed by atoms with Crippen LogP contribution in [-0.2, 0) is 4.74 Å². The van der Waals surface area contributed by atoms with Crippen molar-refractivity contribution in [2.24, 2.45) is 5.73 Å². The predicted octanol–water partition coefficient (Wildman–Crippen LogP) is 1.07. The second kappa shape index (κ2) is 3.74. The fourth-order valence-electron chi connectivity index (χ4n) is 0.832. The smallest absolute Gasteiger partial charge is 0.0690 e. The second-order valence-corrected chi connectivity index (χ2v) is 2.82. The van der Waals surface area contributed by atoms with Crippen LogP contribution in [0.2, 0.25) is 0 Å². The molecule has 10 heavy (non-hydrogen) atoms. The summed E-state index contributed by atoms with van der Waals surface area (Å²) in [5.74, 6) is 0. The Morgan fingerprint density at radius 1 is 1.60 bits per heavy atom. The van der Waals surface area contributed by atoms with E-state index in [1.807, 2.05) is 0 Å². The summed E-state index contributed by atoms with van der Waals surface area (Å²) in [6.07, 6.45) is 4.26. The molecule has 0 atom stereocenters. The van der Waals surface area contributed by atoms with Gasteiger partial charge in [0.05, 0.1) is 12.7 Å². The summed E-state index contributed by atoms with van der Waals surface area (Å²) >= 11 is 0. The Balaban J connectivity index is 1.98. The highest BCUT2D eigenvalue weighted by atomic mass is 16.5. The minimum absolute atomic E-state index is 0.503. The van der Waals surface area contributed by atoms with Crippen molar-refractivity contribution < 1.29 is 4.74 Å². The molecule has 0 radical (unpaired) electrons. The van der Waals surface area contributed by atoms with E-state index in [4.69, 9.17) is 10.5 Å². The van der Waals surface area contributed by atoms with E-state index < -0.39 is 0 Å². The first-order valence-electron chi connectivity index (χ1n) is 3.81. The molecule has 0 aromatic rings. The molecule has 1 rings (SSSR count). The summed E-state index contributed by atoms with van der Waals surface area (Å²) in [5.41, 5.74) is 6.33. The normalized spacial score (nSPS) is 18.5. The predicted molar refractivity (Wildman–Crippen MR) is 41.8 cm³/mol. The zero-order chi connectivity index (χ0) is 7.40. The lowest BCUT2D eigenvalue weighted by Gasteiger charge is -2.25. The first-order valence-corrected chi connectivity index (χ1v) is 3.81. The molecule has 2 N–H and O–H groups in total. The molecule has 0 saturated heterocycles. The average molecular weight is 141 g/mol. The maximum Gasteiger partial charge on any atom is 0.0690 e. The van der Waals surface area contributed by atoms with Crippen molar-refractivity contribution in [3.05, 3.63) is 12.2 Å². The fourth-order valence-corrected chi connectivity index (χ4v) is 0.832. The monoisotopic (exact) mass is 141 g/mol. The van der Waals surface area contributed by atoms with Crippen molar-refractivity contribution in [2.75, 3.05) is 13.2 Å². The van der Waals surface area contributed by atoms with Crippen LogP contribution in [0, 0.1) is 0 Å². The molecule has 1 aliphatic rings. The van der Waals surface area contributed by atoms with Gasteiger partial charge < -0.3 is 10.5 Å². The van der Waals surface area contributed by atoms with E-state index >= 15 is 0 Å². The Labute approximate surface area is 62.1 Å². The van der Waals surface area contributed by atoms with Gasteiger partial charge in [0.15, 0.2) is 0 Å². The molecule has 0 aromatic heterocycles. The highest BCUT2D eigenvalue weighted by Gasteiger charge is 2.17. The second-order valence-electron chi connectivity index (χ2n) is 2.82. The van der Waals surface area contributed by atoms with E-state index in [9.17, 15) is 0 Å². The Kier molecular flexibility index (Phi) is 2.90. The molecule has 2 nitrogen and oxygen atoms in total. The Morgan fingerprint density at radius 3 is 2.70 bits per heavy atom. The molecule has 58 valence electrons. The van der Waals surface area contributed by atoms with Gasteiger partial charge in [-0.2, -0.15) is 0 Å². The zero-order valence-electron chi connectivity index (χ0n) is 6.31. The van der Waals surface area contributed by atoms with E-state index in [0.29, 0.717) is 19.3 Å². The lowest BCUT2D eigenvalue weighted by Crippen LogP contribution is -2.23. The lowest BCUT2D eigenvalue weighted by molar-refractivity contribution is 0.0151. The van der Waals surface area contributed by atoms with Gasteiger partial charge >= 0.3 is 0 Å². The number of nitrogens with two attached hydrogens (primary N) is 1. The van der Waals surface area contributed by atoms with E-state index in [0.717, 1.165) is 5.57 Å². The summed E-state index contributed by atoms with van der Waals surface area (Å²) in [5, 5.41) is 0. The van der Waals surface area contributed by atoms with Gasteiger partial charge in [-0.25, -0.2) is 0 Å². The van der Waals surface area contributed by atoms with Crippen LogP contribution in [0.4, 0.5) is 0 Å². The molecular weight excluding hydrogens is 126 g/mol. The largest absolute Gasteiger partial charge is 0.374 e. The average Bonchev–Trinajstić information content (AvgIpc) is 1.84. The van der Waals surface area contributed by atoms with Crippen molar-refractivity contribution in [1.29, 1.82) is 0 Å². The van der Waals surface area contributed by atoms with Gasteiger partial charge in [-0.15, -0.1) is 0 Å². The van der Waals surface area contributed by atoms with E-state index in [1.54, 1.807) is 0 Å². The molecule has 0 aromatic carbocycles. The van der Waals surface area contributed by atoms with Gasteiger partial charge in [0, 0.05) is 6.54 Å². The standard InChI is InChI=1S/C8H15NO/c1-7(5-9)6-10-8-3-2-4-8/h8H,1-6,9H2. The molecule has 0 aliphatic heterocycles. The van der Waals surface area contributed by atoms with Crippen LogP contribution in [-0.4, -0.2) is 19.3 Å². The van der Waals surface area contributed by atoms with E-state index in [-0.39, 0.29) is 0 Å². The Bertz CT molecular complexity index is 118. The van der Waals surface area contributed by atoms with Gasteiger partial charge in [0.1, 0.15) is 0 Å². The van der Waals surface area contributed by atoms with Crippen LogP contribution in [0.1, 0.15) is 19.3 Å². The molecule has 0 unspecified atom stereocenters. The third-order valence-corrected chi connectivity index (χ3v) is 1.86. The van der Waals surface area contributed by atoms with Crippen molar-refractivity contribution in [1.82, 2.24) is 0 Å². The quantitative estimate of drug-likeness (QED) is 0.594. The van der Waals surface area contributed by atoms with Gasteiger partial charge in [-0.3, -0.25) is 0 Å². The Hall–Kier alpha value is -0.340. The highest BCUT2D eigenvalue weighted by molar-refractivity contribution is 4.95. The molecule has 0 amide bonds. The van der Waals surface area contributed by atoms with Crippen LogP contribution in [0.3, 0.4) is 0 Å². The number of ether oxygens (including phenoxy) is 1. The van der Waals surface area contributed by atoms with Gasteiger partial charge in [0.25, 0.3) is 0 Å². The van der Waals surface area contributed by atoms with Crippen LogP contribution < -0.4 is 5.73 Å². The minimum atomic E-state index is 0.503.